The van der Waals surface area contributed by atoms with Gasteiger partial charge in [-0.15, -0.1) is 11.6 Å². The van der Waals surface area contributed by atoms with Gasteiger partial charge in [0.1, 0.15) is 6.07 Å². The first kappa shape index (κ1) is 14.2. The molecule has 1 aliphatic rings. The number of halogens is 1. The van der Waals surface area contributed by atoms with Gasteiger partial charge >= 0.3 is 0 Å². The summed E-state index contributed by atoms with van der Waals surface area (Å²) in [6.07, 6.45) is 1.13. The Morgan fingerprint density at radius 3 is 2.84 bits per heavy atom. The lowest BCUT2D eigenvalue weighted by molar-refractivity contribution is 0.213. The van der Waals surface area contributed by atoms with Crippen molar-refractivity contribution >= 4 is 17.3 Å². The van der Waals surface area contributed by atoms with Gasteiger partial charge in [0, 0.05) is 31.6 Å². The number of hydrogen-bond donors (Lipinski definition) is 0. The summed E-state index contributed by atoms with van der Waals surface area (Å²) in [4.78, 5) is 4.72. The molecule has 1 atom stereocenters. The van der Waals surface area contributed by atoms with Gasteiger partial charge in [-0.2, -0.15) is 5.26 Å². The van der Waals surface area contributed by atoms with Crippen molar-refractivity contribution < 1.29 is 0 Å². The SMILES string of the molecule is CCC1CN(c2ccc(CCl)cc2C#N)CCN1C. The molecule has 1 aromatic rings. The molecule has 0 aliphatic carbocycles. The highest BCUT2D eigenvalue weighted by Crippen LogP contribution is 2.25. The molecule has 3 nitrogen and oxygen atoms in total. The number of benzene rings is 1. The van der Waals surface area contributed by atoms with E-state index >= 15 is 0 Å². The summed E-state index contributed by atoms with van der Waals surface area (Å²) in [5, 5.41) is 9.31. The number of likely N-dealkylation sites (N-methyl/N-ethyl adjacent to an activating group) is 1. The van der Waals surface area contributed by atoms with Crippen LogP contribution in [0.5, 0.6) is 0 Å². The Hall–Kier alpha value is -1.24. The molecule has 19 heavy (non-hydrogen) atoms. The quantitative estimate of drug-likeness (QED) is 0.796. The van der Waals surface area contributed by atoms with Crippen LogP contribution in [0.15, 0.2) is 18.2 Å². The number of piperazine rings is 1. The molecule has 0 amide bonds. The van der Waals surface area contributed by atoms with Crippen LogP contribution in [0.4, 0.5) is 5.69 Å². The highest BCUT2D eigenvalue weighted by atomic mass is 35.5. The number of hydrogen-bond acceptors (Lipinski definition) is 3. The van der Waals surface area contributed by atoms with Crippen LogP contribution in [0.25, 0.3) is 0 Å². The molecule has 0 saturated carbocycles. The van der Waals surface area contributed by atoms with Crippen LogP contribution >= 0.6 is 11.6 Å². The first-order valence-electron chi connectivity index (χ1n) is 6.73. The highest BCUT2D eigenvalue weighted by Gasteiger charge is 2.24. The van der Waals surface area contributed by atoms with Crippen molar-refractivity contribution in [3.8, 4) is 6.07 Å². The molecule has 1 heterocycles. The number of nitriles is 1. The number of alkyl halides is 1. The molecule has 0 aromatic heterocycles. The molecule has 0 bridgehead atoms. The number of nitrogens with zero attached hydrogens (tertiary/aromatic N) is 3. The maximum atomic E-state index is 9.31. The molecule has 0 radical (unpaired) electrons. The minimum Gasteiger partial charge on any atom is -0.368 e. The highest BCUT2D eigenvalue weighted by molar-refractivity contribution is 6.17. The van der Waals surface area contributed by atoms with E-state index in [1.54, 1.807) is 0 Å². The summed E-state index contributed by atoms with van der Waals surface area (Å²) in [6.45, 7) is 5.22. The average molecular weight is 278 g/mol. The minimum atomic E-state index is 0.454. The zero-order valence-corrected chi connectivity index (χ0v) is 12.3. The molecule has 1 aromatic carbocycles. The van der Waals surface area contributed by atoms with Crippen LogP contribution in [-0.4, -0.2) is 37.6 Å². The van der Waals surface area contributed by atoms with Crippen molar-refractivity contribution in [3.63, 3.8) is 0 Å². The van der Waals surface area contributed by atoms with E-state index < -0.39 is 0 Å². The molecule has 1 unspecified atom stereocenters. The Morgan fingerprint density at radius 2 is 2.21 bits per heavy atom. The van der Waals surface area contributed by atoms with Crippen molar-refractivity contribution in [1.29, 1.82) is 5.26 Å². The second kappa shape index (κ2) is 6.27. The van der Waals surface area contributed by atoms with Crippen molar-refractivity contribution in [1.82, 2.24) is 4.90 Å². The summed E-state index contributed by atoms with van der Waals surface area (Å²) >= 11 is 5.83. The number of rotatable bonds is 3. The van der Waals surface area contributed by atoms with Crippen molar-refractivity contribution in [2.45, 2.75) is 25.3 Å². The smallest absolute Gasteiger partial charge is 0.101 e. The largest absolute Gasteiger partial charge is 0.368 e. The maximum Gasteiger partial charge on any atom is 0.101 e. The van der Waals surface area contributed by atoms with Crippen LogP contribution in [-0.2, 0) is 5.88 Å². The lowest BCUT2D eigenvalue weighted by Gasteiger charge is -2.40. The third-order valence-electron chi connectivity index (χ3n) is 3.92. The van der Waals surface area contributed by atoms with E-state index in [0.717, 1.165) is 42.9 Å². The summed E-state index contributed by atoms with van der Waals surface area (Å²) in [5.74, 6) is 0.454. The molecule has 4 heteroatoms. The fourth-order valence-corrected chi connectivity index (χ4v) is 2.80. The van der Waals surface area contributed by atoms with E-state index in [9.17, 15) is 5.26 Å². The monoisotopic (exact) mass is 277 g/mol. The second-order valence-electron chi connectivity index (χ2n) is 5.09. The van der Waals surface area contributed by atoms with Crippen LogP contribution in [0.1, 0.15) is 24.5 Å². The van der Waals surface area contributed by atoms with Gasteiger partial charge in [-0.05, 0) is 31.2 Å². The van der Waals surface area contributed by atoms with Crippen LogP contribution in [0, 0.1) is 11.3 Å². The number of anilines is 1. The fourth-order valence-electron chi connectivity index (χ4n) is 2.64. The molecular formula is C15H20ClN3. The van der Waals surface area contributed by atoms with Gasteiger partial charge in [0.2, 0.25) is 0 Å². The summed E-state index contributed by atoms with van der Waals surface area (Å²) in [6, 6.07) is 8.82. The van der Waals surface area contributed by atoms with Crippen molar-refractivity contribution in [2.75, 3.05) is 31.6 Å². The van der Waals surface area contributed by atoms with E-state index in [0.29, 0.717) is 11.9 Å². The van der Waals surface area contributed by atoms with Crippen LogP contribution in [0.2, 0.25) is 0 Å². The van der Waals surface area contributed by atoms with Gasteiger partial charge in [-0.25, -0.2) is 0 Å². The average Bonchev–Trinajstić information content (AvgIpc) is 2.47. The zero-order chi connectivity index (χ0) is 13.8. The third-order valence-corrected chi connectivity index (χ3v) is 4.23. The van der Waals surface area contributed by atoms with Gasteiger partial charge in [-0.3, -0.25) is 4.90 Å². The van der Waals surface area contributed by atoms with Gasteiger partial charge in [0.15, 0.2) is 0 Å². The molecule has 1 aliphatic heterocycles. The summed E-state index contributed by atoms with van der Waals surface area (Å²) in [5.41, 5.74) is 2.78. The van der Waals surface area contributed by atoms with Crippen molar-refractivity contribution in [2.24, 2.45) is 0 Å². The van der Waals surface area contributed by atoms with Gasteiger partial charge in [0.05, 0.1) is 11.3 Å². The third kappa shape index (κ3) is 3.02. The molecule has 0 N–H and O–H groups in total. The molecule has 1 saturated heterocycles. The van der Waals surface area contributed by atoms with Crippen molar-refractivity contribution in [3.05, 3.63) is 29.3 Å². The Kier molecular flexibility index (Phi) is 4.68. The first-order valence-corrected chi connectivity index (χ1v) is 7.27. The topological polar surface area (TPSA) is 30.3 Å². The Morgan fingerprint density at radius 1 is 1.42 bits per heavy atom. The lowest BCUT2D eigenvalue weighted by atomic mass is 10.1. The summed E-state index contributed by atoms with van der Waals surface area (Å²) in [7, 11) is 2.17. The maximum absolute atomic E-state index is 9.31. The molecule has 2 rings (SSSR count). The van der Waals surface area contributed by atoms with E-state index in [1.165, 1.54) is 0 Å². The van der Waals surface area contributed by atoms with Crippen LogP contribution in [0.3, 0.4) is 0 Å². The summed E-state index contributed by atoms with van der Waals surface area (Å²) < 4.78 is 0. The molecular weight excluding hydrogens is 258 g/mol. The van der Waals surface area contributed by atoms with Crippen LogP contribution < -0.4 is 4.90 Å². The van der Waals surface area contributed by atoms with E-state index in [1.807, 2.05) is 18.2 Å². The molecule has 102 valence electrons. The normalized spacial score (nSPS) is 20.3. The standard InChI is InChI=1S/C15H20ClN3/c1-3-14-11-19(7-6-18(14)2)15-5-4-12(9-16)8-13(15)10-17/h4-5,8,14H,3,6-7,9,11H2,1-2H3. The minimum absolute atomic E-state index is 0.454. The van der Waals surface area contributed by atoms with E-state index in [-0.39, 0.29) is 0 Å². The van der Waals surface area contributed by atoms with E-state index in [2.05, 4.69) is 29.8 Å². The van der Waals surface area contributed by atoms with E-state index in [4.69, 9.17) is 11.6 Å². The molecule has 1 fully saturated rings. The zero-order valence-electron chi connectivity index (χ0n) is 11.6. The van der Waals surface area contributed by atoms with Gasteiger partial charge in [0.25, 0.3) is 0 Å². The second-order valence-corrected chi connectivity index (χ2v) is 5.35. The lowest BCUT2D eigenvalue weighted by Crippen LogP contribution is -2.51. The predicted molar refractivity (Wildman–Crippen MR) is 79.6 cm³/mol. The predicted octanol–water partition coefficient (Wildman–Crippen LogP) is 2.83. The molecule has 0 spiro atoms. The van der Waals surface area contributed by atoms with Gasteiger partial charge in [-0.1, -0.05) is 13.0 Å². The first-order chi connectivity index (χ1) is 9.19. The Bertz CT molecular complexity index is 481. The Balaban J connectivity index is 2.25. The Labute approximate surface area is 120 Å². The van der Waals surface area contributed by atoms with Gasteiger partial charge < -0.3 is 4.90 Å². The fraction of sp³-hybridized carbons (Fsp3) is 0.533.